The molecule has 0 spiro atoms. The summed E-state index contributed by atoms with van der Waals surface area (Å²) in [5.41, 5.74) is -5.80. The lowest BCUT2D eigenvalue weighted by atomic mass is 9.42. The van der Waals surface area contributed by atoms with Crippen molar-refractivity contribution < 1.29 is 81.3 Å². The Morgan fingerprint density at radius 1 is 0.505 bits per heavy atom. The third kappa shape index (κ3) is 10.7. The highest BCUT2D eigenvalue weighted by molar-refractivity contribution is 5.77. The van der Waals surface area contributed by atoms with Crippen molar-refractivity contribution in [3.8, 4) is 34.1 Å². The van der Waals surface area contributed by atoms with E-state index in [9.17, 15) is 48.9 Å². The fourth-order valence-electron chi connectivity index (χ4n) is 17.6. The zero-order valence-electron chi connectivity index (χ0n) is 52.4. The number of hydrogen-bond acceptors (Lipinski definition) is 21. The van der Waals surface area contributed by atoms with Crippen LogP contribution >= 0.6 is 0 Å². The summed E-state index contributed by atoms with van der Waals surface area (Å²) in [7, 11) is 0. The van der Waals surface area contributed by atoms with Crippen LogP contribution in [0, 0.1) is 74.9 Å². The molecule has 4 unspecified atom stereocenters. The summed E-state index contributed by atoms with van der Waals surface area (Å²) in [6, 6.07) is 10.2. The van der Waals surface area contributed by atoms with Gasteiger partial charge in [0.15, 0.2) is 0 Å². The molecule has 15 rings (SSSR count). The molecule has 4 aromatic rings. The number of nitrogens with zero attached hydrogens (tertiary/aromatic N) is 2. The molecule has 0 radical (unpaired) electrons. The van der Waals surface area contributed by atoms with Gasteiger partial charge in [-0.3, -0.25) is 33.9 Å². The Balaban J connectivity index is 0.000000159. The number of aromatic nitrogens is 2. The molecular weight excluding hydrogens is 1170 g/mol. The van der Waals surface area contributed by atoms with Crippen molar-refractivity contribution in [2.45, 2.75) is 192 Å². The molecule has 2 aliphatic heterocycles. The second-order valence-electron chi connectivity index (χ2n) is 29.8. The van der Waals surface area contributed by atoms with Crippen molar-refractivity contribution >= 4 is 29.8 Å². The average molecular weight is 1260 g/mol. The van der Waals surface area contributed by atoms with Gasteiger partial charge < -0.3 is 57.3 Å². The fourth-order valence-corrected chi connectivity index (χ4v) is 17.6. The third-order valence-electron chi connectivity index (χ3n) is 23.5. The first kappa shape index (κ1) is 61.5. The van der Waals surface area contributed by atoms with Gasteiger partial charge >= 0.3 is 41.1 Å². The van der Waals surface area contributed by atoms with Crippen molar-refractivity contribution in [3.63, 3.8) is 0 Å². The summed E-state index contributed by atoms with van der Waals surface area (Å²) in [4.78, 5) is 100. The molecule has 91 heavy (non-hydrogen) atoms. The maximum absolute atomic E-state index is 13.7. The van der Waals surface area contributed by atoms with Crippen LogP contribution in [-0.2, 0) is 47.7 Å². The lowest BCUT2D eigenvalue weighted by Gasteiger charge is -2.66. The molecule has 9 saturated carbocycles. The molecule has 0 amide bonds. The molecule has 486 valence electrons. The quantitative estimate of drug-likeness (QED) is 0.0784. The summed E-state index contributed by atoms with van der Waals surface area (Å²) in [6.07, 6.45) is 11.4. The topological polar surface area (TPSA) is 297 Å². The second kappa shape index (κ2) is 22.4. The maximum atomic E-state index is 13.7. The van der Waals surface area contributed by atoms with Crippen molar-refractivity contribution in [3.05, 3.63) is 93.2 Å². The van der Waals surface area contributed by atoms with Crippen LogP contribution in [0.5, 0.6) is 11.5 Å². The number of ether oxygens (including phenoxy) is 7. The third-order valence-corrected chi connectivity index (χ3v) is 23.5. The number of carbonyl (C=O) groups excluding carboxylic acids is 5. The Kier molecular flexibility index (Phi) is 15.1. The average Bonchev–Trinajstić information content (AvgIpc) is 1.59. The lowest BCUT2D eigenvalue weighted by molar-refractivity contribution is -0.272. The van der Waals surface area contributed by atoms with Crippen LogP contribution < -0.4 is 20.7 Å². The van der Waals surface area contributed by atoms with E-state index in [2.05, 4.69) is 23.8 Å². The van der Waals surface area contributed by atoms with E-state index in [4.69, 9.17) is 42.0 Å². The van der Waals surface area contributed by atoms with Crippen LogP contribution in [0.25, 0.3) is 22.6 Å². The zero-order chi connectivity index (χ0) is 63.9. The van der Waals surface area contributed by atoms with Crippen LogP contribution in [0.2, 0.25) is 0 Å². The van der Waals surface area contributed by atoms with Gasteiger partial charge in [-0.2, -0.15) is 0 Å². The van der Waals surface area contributed by atoms with Gasteiger partial charge in [0.2, 0.25) is 0 Å². The molecule has 6 heterocycles. The van der Waals surface area contributed by atoms with E-state index in [1.807, 2.05) is 20.8 Å². The maximum Gasteiger partial charge on any atom is 0.345 e. The summed E-state index contributed by atoms with van der Waals surface area (Å²) in [5.74, 6) is -3.13. The molecule has 21 nitrogen and oxygen atoms in total. The smallest absolute Gasteiger partial charge is 0.345 e. The van der Waals surface area contributed by atoms with Crippen molar-refractivity contribution in [2.75, 3.05) is 13.2 Å². The number of aliphatic hydroxyl groups excluding tert-OH is 3. The zero-order valence-corrected chi connectivity index (χ0v) is 52.4. The lowest BCUT2D eigenvalue weighted by Crippen LogP contribution is -2.71. The van der Waals surface area contributed by atoms with Gasteiger partial charge in [0.05, 0.1) is 47.9 Å². The number of esters is 5. The number of aliphatic hydroxyl groups is 3. The van der Waals surface area contributed by atoms with Gasteiger partial charge in [0, 0.05) is 70.7 Å². The number of pyridine rings is 2. The van der Waals surface area contributed by atoms with E-state index in [1.165, 1.54) is 0 Å². The first-order valence-electron chi connectivity index (χ1n) is 32.9. The van der Waals surface area contributed by atoms with Crippen LogP contribution in [0.3, 0.4) is 0 Å². The van der Waals surface area contributed by atoms with Crippen molar-refractivity contribution in [1.29, 1.82) is 0 Å². The highest BCUT2D eigenvalue weighted by Crippen LogP contribution is 2.70. The molecule has 0 aromatic carbocycles. The van der Waals surface area contributed by atoms with Crippen molar-refractivity contribution in [1.82, 2.24) is 9.97 Å². The van der Waals surface area contributed by atoms with Gasteiger partial charge in [-0.15, -0.1) is 0 Å². The van der Waals surface area contributed by atoms with Crippen LogP contribution in [0.1, 0.15) is 168 Å². The summed E-state index contributed by atoms with van der Waals surface area (Å²) >= 11 is 0. The molecule has 0 bridgehead atoms. The molecule has 9 fully saturated rings. The molecule has 4 aromatic heterocycles. The molecule has 16 atom stereocenters. The molecule has 3 N–H and O–H groups in total. The fraction of sp³-hybridized carbons (Fsp3) is 0.643. The van der Waals surface area contributed by atoms with E-state index in [0.717, 1.165) is 64.2 Å². The van der Waals surface area contributed by atoms with E-state index >= 15 is 0 Å². The van der Waals surface area contributed by atoms with Gasteiger partial charge in [0.25, 0.3) is 0 Å². The van der Waals surface area contributed by atoms with E-state index in [1.54, 1.807) is 68.1 Å². The number of carbonyl (C=O) groups is 5. The molecule has 0 saturated heterocycles. The highest BCUT2D eigenvalue weighted by Gasteiger charge is 2.73. The minimum Gasteiger partial charge on any atom is -0.484 e. The van der Waals surface area contributed by atoms with E-state index in [0.29, 0.717) is 43.2 Å². The van der Waals surface area contributed by atoms with E-state index in [-0.39, 0.29) is 125 Å². The predicted octanol–water partition coefficient (Wildman–Crippen LogP) is 8.89. The number of hydrogen-bond donors (Lipinski definition) is 3. The Hall–Kier alpha value is -6.97. The predicted molar refractivity (Wildman–Crippen MR) is 320 cm³/mol. The van der Waals surface area contributed by atoms with Crippen LogP contribution in [-0.4, -0.2) is 104 Å². The summed E-state index contributed by atoms with van der Waals surface area (Å²) in [6.45, 7) is 11.8. The standard InChI is InChI=1S/C37H43NO10.C33H39NO9/c1-35-13-12-26(46-32(41)20-8-9-20)36(2,18-44-31(40)19-6-7-19)25(35)16-27(47-33(42)21-10-11-21)37(3)30(35)29(39)28-24(48-37)15-23(45-34(28)43)22-5-4-14-38-17-22;1-31-11-10-24(42-29(38)18-8-9-18)32(2,16-40-28(37)17-6-7-17)22(31)14-23(35)33(3)27(31)26(36)25-21(43-33)13-20(41-30(25)39)19-5-4-12-34-15-19/h4-5,14-15,17,19-21,25-27,29-30,39H,6-13,16,18H2,1-3H3;4-5,12-13,15,17-18,22-24,26-27,35-36H,6-11,14,16H2,1-3H3/t25?,26-,27-,29-,30?,35-,36+,37+;22?,23-,24-,26-,27?,31-,32+,33+/m00/s1. The van der Waals surface area contributed by atoms with E-state index < -0.39 is 92.6 Å². The number of fused-ring (bicyclic) bond motifs is 8. The minimum absolute atomic E-state index is 0.0160. The normalized spacial score (nSPS) is 37.4. The largest absolute Gasteiger partial charge is 0.484 e. The Labute approximate surface area is 526 Å². The van der Waals surface area contributed by atoms with Gasteiger partial charge in [-0.05, 0) is 164 Å². The highest BCUT2D eigenvalue weighted by atomic mass is 16.6. The molecule has 9 aliphatic carbocycles. The SMILES string of the molecule is C[C@]12CC[C@H](OC(=O)C3CC3)[C@](C)(COC(=O)C3CC3)C1C[C@H](O)[C@@]1(C)Oc3cc(-c4cccnc4)oc(=O)c3[C@H](O)C21.C[C@]12CC[C@H](OC(=O)C3CC3)[C@](C)(COC(=O)C3CC3)C1C[C@H](OC(=O)C1CC1)[C@@]1(C)Oc3cc(-c4cccnc4)oc(=O)c3[C@H](O)C21. The van der Waals surface area contributed by atoms with Crippen LogP contribution in [0.15, 0.2) is 79.6 Å². The molecular formula is C70H82N2O19. The molecule has 21 heteroatoms. The Morgan fingerprint density at radius 2 is 0.879 bits per heavy atom. The summed E-state index contributed by atoms with van der Waals surface area (Å²) < 4.78 is 55.2. The summed E-state index contributed by atoms with van der Waals surface area (Å²) in [5, 5.41) is 36.2. The van der Waals surface area contributed by atoms with Crippen molar-refractivity contribution in [2.24, 2.45) is 74.9 Å². The van der Waals surface area contributed by atoms with Gasteiger partial charge in [0.1, 0.15) is 76.9 Å². The Morgan fingerprint density at radius 3 is 1.27 bits per heavy atom. The monoisotopic (exact) mass is 1250 g/mol. The Bertz CT molecular complexity index is 3670. The first-order valence-corrected chi connectivity index (χ1v) is 32.9. The van der Waals surface area contributed by atoms with Gasteiger partial charge in [-0.1, -0.05) is 27.7 Å². The number of rotatable bonds is 14. The van der Waals surface area contributed by atoms with Gasteiger partial charge in [-0.25, -0.2) is 9.59 Å². The van der Waals surface area contributed by atoms with Crippen LogP contribution in [0.4, 0.5) is 0 Å². The molecule has 11 aliphatic rings. The first-order chi connectivity index (χ1) is 43.4. The second-order valence-corrected chi connectivity index (χ2v) is 29.8. The minimum atomic E-state index is -1.32.